The van der Waals surface area contributed by atoms with Gasteiger partial charge in [0, 0.05) is 23.0 Å². The number of rotatable bonds is 13. The van der Waals surface area contributed by atoms with Crippen LogP contribution in [0, 0.1) is 0 Å². The zero-order valence-electron chi connectivity index (χ0n) is 17.1. The molecule has 4 atom stereocenters. The Labute approximate surface area is 176 Å². The molecule has 26 heavy (non-hydrogen) atoms. The standard InChI is InChI=1S/C16H34O4S6/c1-9-15(5,25(7,17)18)11-13(3)21-23-24-22-14(4)12-16(6,10-2)26(8,19)20/h13-14H,9-12H2,1-8H3. The second kappa shape index (κ2) is 10.9. The van der Waals surface area contributed by atoms with Gasteiger partial charge in [0.2, 0.25) is 0 Å². The first-order valence-electron chi connectivity index (χ1n) is 8.66. The summed E-state index contributed by atoms with van der Waals surface area (Å²) in [4.78, 5) is 0. The third-order valence-corrected chi connectivity index (χ3v) is 16.9. The van der Waals surface area contributed by atoms with Gasteiger partial charge in [-0.15, -0.1) is 0 Å². The Balaban J connectivity index is 4.42. The van der Waals surface area contributed by atoms with Crippen LogP contribution in [0.15, 0.2) is 0 Å². The summed E-state index contributed by atoms with van der Waals surface area (Å²) in [5.41, 5.74) is 0. The topological polar surface area (TPSA) is 68.3 Å². The lowest BCUT2D eigenvalue weighted by molar-refractivity contribution is 0.497. The molecule has 0 fully saturated rings. The number of sulfone groups is 2. The molecule has 0 bridgehead atoms. The van der Waals surface area contributed by atoms with E-state index in [4.69, 9.17) is 0 Å². The maximum atomic E-state index is 12.0. The lowest BCUT2D eigenvalue weighted by atomic mass is 10.0. The van der Waals surface area contributed by atoms with E-state index in [1.165, 1.54) is 12.5 Å². The summed E-state index contributed by atoms with van der Waals surface area (Å²) in [5.74, 6) is 0. The Hall–Kier alpha value is 1.30. The zero-order valence-corrected chi connectivity index (χ0v) is 22.0. The van der Waals surface area contributed by atoms with Crippen molar-refractivity contribution < 1.29 is 16.8 Å². The van der Waals surface area contributed by atoms with Gasteiger partial charge in [0.25, 0.3) is 0 Å². The smallest absolute Gasteiger partial charge is 0.152 e. The van der Waals surface area contributed by atoms with Crippen LogP contribution in [0.4, 0.5) is 0 Å². The quantitative estimate of drug-likeness (QED) is 0.246. The third-order valence-electron chi connectivity index (χ3n) is 5.16. The highest BCUT2D eigenvalue weighted by Gasteiger charge is 2.36. The summed E-state index contributed by atoms with van der Waals surface area (Å²) in [5, 5.41) is 0.444. The first-order chi connectivity index (χ1) is 11.6. The van der Waals surface area contributed by atoms with Crippen LogP contribution in [0.3, 0.4) is 0 Å². The summed E-state index contributed by atoms with van der Waals surface area (Å²) < 4.78 is 46.7. The second-order valence-electron chi connectivity index (χ2n) is 7.51. The molecule has 0 amide bonds. The van der Waals surface area contributed by atoms with E-state index in [0.29, 0.717) is 25.7 Å². The molecule has 158 valence electrons. The lowest BCUT2D eigenvalue weighted by Gasteiger charge is -2.29. The summed E-state index contributed by atoms with van der Waals surface area (Å²) in [7, 11) is 0.489. The van der Waals surface area contributed by atoms with Crippen LogP contribution in [-0.4, -0.2) is 49.3 Å². The van der Waals surface area contributed by atoms with Gasteiger partial charge in [-0.2, -0.15) is 0 Å². The minimum Gasteiger partial charge on any atom is -0.229 e. The summed E-state index contributed by atoms with van der Waals surface area (Å²) in [6, 6.07) is 0. The van der Waals surface area contributed by atoms with E-state index in [1.807, 2.05) is 27.7 Å². The van der Waals surface area contributed by atoms with Gasteiger partial charge in [-0.25, -0.2) is 16.8 Å². The number of hydrogen-bond donors (Lipinski definition) is 0. The van der Waals surface area contributed by atoms with E-state index < -0.39 is 29.2 Å². The van der Waals surface area contributed by atoms with Crippen molar-refractivity contribution in [2.45, 2.75) is 87.2 Å². The molecule has 0 aromatic heterocycles. The molecule has 4 nitrogen and oxygen atoms in total. The van der Waals surface area contributed by atoms with Crippen molar-refractivity contribution >= 4 is 60.9 Å². The summed E-state index contributed by atoms with van der Waals surface area (Å²) in [6.45, 7) is 11.6. The molecule has 0 radical (unpaired) electrons. The van der Waals surface area contributed by atoms with E-state index in [2.05, 4.69) is 13.8 Å². The van der Waals surface area contributed by atoms with E-state index in [-0.39, 0.29) is 10.5 Å². The zero-order chi connectivity index (χ0) is 20.8. The van der Waals surface area contributed by atoms with Gasteiger partial charge in [0.15, 0.2) is 19.7 Å². The largest absolute Gasteiger partial charge is 0.229 e. The highest BCUT2D eigenvalue weighted by Crippen LogP contribution is 2.49. The molecule has 0 spiro atoms. The van der Waals surface area contributed by atoms with Gasteiger partial charge < -0.3 is 0 Å². The van der Waals surface area contributed by atoms with E-state index in [0.717, 1.165) is 0 Å². The van der Waals surface area contributed by atoms with Crippen molar-refractivity contribution in [3.63, 3.8) is 0 Å². The SMILES string of the molecule is CCC(C)(CC(C)SSSSC(C)CC(C)(CC)S(C)(=O)=O)S(C)(=O)=O. The normalized spacial score (nSPS) is 20.2. The van der Waals surface area contributed by atoms with Gasteiger partial charge in [-0.3, -0.25) is 0 Å². The van der Waals surface area contributed by atoms with E-state index in [9.17, 15) is 16.8 Å². The van der Waals surface area contributed by atoms with Gasteiger partial charge in [0.1, 0.15) is 0 Å². The Morgan fingerprint density at radius 3 is 1.19 bits per heavy atom. The molecule has 0 aliphatic carbocycles. The molecule has 0 aromatic rings. The molecule has 0 N–H and O–H groups in total. The molecule has 0 heterocycles. The van der Waals surface area contributed by atoms with Gasteiger partial charge in [-0.05, 0) is 59.2 Å². The first-order valence-corrected chi connectivity index (χ1v) is 17.4. The Morgan fingerprint density at radius 2 is 1.00 bits per heavy atom. The maximum Gasteiger partial charge on any atom is 0.152 e. The molecule has 0 saturated heterocycles. The molecule has 4 unspecified atom stereocenters. The van der Waals surface area contributed by atoms with Crippen molar-refractivity contribution in [1.82, 2.24) is 0 Å². The van der Waals surface area contributed by atoms with Gasteiger partial charge >= 0.3 is 0 Å². The predicted molar refractivity (Wildman–Crippen MR) is 126 cm³/mol. The van der Waals surface area contributed by atoms with Crippen LogP contribution in [-0.2, 0) is 19.7 Å². The highest BCUT2D eigenvalue weighted by molar-refractivity contribution is 9.26. The summed E-state index contributed by atoms with van der Waals surface area (Å²) in [6.07, 6.45) is 5.12. The van der Waals surface area contributed by atoms with E-state index >= 15 is 0 Å². The van der Waals surface area contributed by atoms with Crippen molar-refractivity contribution in [1.29, 1.82) is 0 Å². The lowest BCUT2D eigenvalue weighted by Crippen LogP contribution is -2.36. The van der Waals surface area contributed by atoms with Gasteiger partial charge in [0.05, 0.1) is 9.49 Å². The van der Waals surface area contributed by atoms with Crippen molar-refractivity contribution in [3.8, 4) is 0 Å². The fraction of sp³-hybridized carbons (Fsp3) is 1.00. The van der Waals surface area contributed by atoms with Crippen LogP contribution >= 0.6 is 41.2 Å². The fourth-order valence-electron chi connectivity index (χ4n) is 2.57. The predicted octanol–water partition coefficient (Wildman–Crippen LogP) is 5.65. The highest BCUT2D eigenvalue weighted by atomic mass is 33.7. The Bertz CT molecular complexity index is 577. The van der Waals surface area contributed by atoms with Crippen LogP contribution in [0.2, 0.25) is 0 Å². The molecular weight excluding hydrogens is 449 g/mol. The maximum absolute atomic E-state index is 12.0. The Kier molecular flexibility index (Phi) is 11.4. The molecular formula is C16H34O4S6. The van der Waals surface area contributed by atoms with Gasteiger partial charge in [-0.1, -0.05) is 49.3 Å². The molecule has 0 saturated carbocycles. The number of hydrogen-bond acceptors (Lipinski definition) is 8. The van der Waals surface area contributed by atoms with Crippen LogP contribution < -0.4 is 0 Å². The average Bonchev–Trinajstić information content (AvgIpc) is 2.49. The molecule has 10 heteroatoms. The van der Waals surface area contributed by atoms with Crippen LogP contribution in [0.1, 0.15) is 67.2 Å². The minimum absolute atomic E-state index is 0.222. The summed E-state index contributed by atoms with van der Waals surface area (Å²) >= 11 is 0. The molecule has 0 aliphatic heterocycles. The van der Waals surface area contributed by atoms with Crippen LogP contribution in [0.25, 0.3) is 0 Å². The minimum atomic E-state index is -3.08. The molecule has 0 aliphatic rings. The van der Waals surface area contributed by atoms with E-state index in [1.54, 1.807) is 41.2 Å². The first kappa shape index (κ1) is 27.3. The van der Waals surface area contributed by atoms with Crippen molar-refractivity contribution in [2.75, 3.05) is 12.5 Å². The third kappa shape index (κ3) is 8.35. The second-order valence-corrected chi connectivity index (χ2v) is 19.3. The van der Waals surface area contributed by atoms with Crippen molar-refractivity contribution in [2.24, 2.45) is 0 Å². The molecule has 0 rings (SSSR count). The van der Waals surface area contributed by atoms with Crippen molar-refractivity contribution in [3.05, 3.63) is 0 Å². The van der Waals surface area contributed by atoms with Crippen LogP contribution in [0.5, 0.6) is 0 Å². The Morgan fingerprint density at radius 1 is 0.731 bits per heavy atom. The average molecular weight is 483 g/mol. The molecule has 0 aromatic carbocycles. The monoisotopic (exact) mass is 482 g/mol. The fourth-order valence-corrected chi connectivity index (χ4v) is 12.3.